The van der Waals surface area contributed by atoms with Crippen molar-refractivity contribution in [2.75, 3.05) is 12.8 Å². The van der Waals surface area contributed by atoms with Crippen LogP contribution in [-0.2, 0) is 0 Å². The van der Waals surface area contributed by atoms with Gasteiger partial charge in [-0.3, -0.25) is 4.98 Å². The quantitative estimate of drug-likeness (QED) is 0.754. The predicted octanol–water partition coefficient (Wildman–Crippen LogP) is 1.18. The van der Waals surface area contributed by atoms with Gasteiger partial charge in [0.05, 0.1) is 24.6 Å². The molecule has 0 fully saturated rings. The van der Waals surface area contributed by atoms with Crippen molar-refractivity contribution in [1.82, 2.24) is 25.1 Å². The molecule has 0 radical (unpaired) electrons. The Hall–Kier alpha value is -3.03. The topological polar surface area (TPSA) is 113 Å². The fourth-order valence-electron chi connectivity index (χ4n) is 1.61. The lowest BCUT2D eigenvalue weighted by Crippen LogP contribution is -1.92. The SMILES string of the molecule is COc1cc(-c2noc(-c3ccncc3N)n2)ncn1. The van der Waals surface area contributed by atoms with Crippen molar-refractivity contribution in [3.8, 4) is 28.9 Å². The van der Waals surface area contributed by atoms with Gasteiger partial charge >= 0.3 is 0 Å². The van der Waals surface area contributed by atoms with Gasteiger partial charge in [0, 0.05) is 12.3 Å². The maximum Gasteiger partial charge on any atom is 0.260 e. The van der Waals surface area contributed by atoms with Gasteiger partial charge in [-0.2, -0.15) is 4.98 Å². The van der Waals surface area contributed by atoms with Crippen LogP contribution in [0.1, 0.15) is 0 Å². The van der Waals surface area contributed by atoms with Gasteiger partial charge in [0.15, 0.2) is 0 Å². The first-order valence-electron chi connectivity index (χ1n) is 5.68. The molecule has 0 aliphatic heterocycles. The Morgan fingerprint density at radius 1 is 1.30 bits per heavy atom. The lowest BCUT2D eigenvalue weighted by atomic mass is 10.2. The first kappa shape index (κ1) is 12.0. The highest BCUT2D eigenvalue weighted by atomic mass is 16.5. The van der Waals surface area contributed by atoms with Crippen molar-refractivity contribution in [2.45, 2.75) is 0 Å². The van der Waals surface area contributed by atoms with E-state index in [0.29, 0.717) is 34.5 Å². The molecule has 8 nitrogen and oxygen atoms in total. The summed E-state index contributed by atoms with van der Waals surface area (Å²) < 4.78 is 10.2. The predicted molar refractivity (Wildman–Crippen MR) is 69.5 cm³/mol. The van der Waals surface area contributed by atoms with Crippen molar-refractivity contribution < 1.29 is 9.26 Å². The molecule has 0 aliphatic carbocycles. The van der Waals surface area contributed by atoms with Crippen molar-refractivity contribution in [3.63, 3.8) is 0 Å². The number of hydrogen-bond acceptors (Lipinski definition) is 8. The van der Waals surface area contributed by atoms with E-state index >= 15 is 0 Å². The Morgan fingerprint density at radius 3 is 3.00 bits per heavy atom. The third-order valence-electron chi connectivity index (χ3n) is 2.59. The Labute approximate surface area is 113 Å². The van der Waals surface area contributed by atoms with Crippen LogP contribution in [0.5, 0.6) is 5.88 Å². The lowest BCUT2D eigenvalue weighted by molar-refractivity contribution is 0.397. The molecule has 3 heterocycles. The van der Waals surface area contributed by atoms with Crippen LogP contribution >= 0.6 is 0 Å². The van der Waals surface area contributed by atoms with Crippen LogP contribution in [0, 0.1) is 0 Å². The van der Waals surface area contributed by atoms with E-state index in [1.807, 2.05) is 0 Å². The minimum Gasteiger partial charge on any atom is -0.481 e. The summed E-state index contributed by atoms with van der Waals surface area (Å²) in [7, 11) is 1.52. The van der Waals surface area contributed by atoms with E-state index < -0.39 is 0 Å². The monoisotopic (exact) mass is 270 g/mol. The third-order valence-corrected chi connectivity index (χ3v) is 2.59. The van der Waals surface area contributed by atoms with Gasteiger partial charge < -0.3 is 15.0 Å². The van der Waals surface area contributed by atoms with Gasteiger partial charge in [0.25, 0.3) is 5.89 Å². The van der Waals surface area contributed by atoms with Crippen LogP contribution in [0.2, 0.25) is 0 Å². The van der Waals surface area contributed by atoms with Crippen molar-refractivity contribution in [2.24, 2.45) is 0 Å². The number of pyridine rings is 1. The molecule has 0 spiro atoms. The standard InChI is InChI=1S/C12H10N6O2/c1-19-10-4-9(15-6-16-10)11-17-12(20-18-11)7-2-3-14-5-8(7)13/h2-6H,13H2,1H3. The van der Waals surface area contributed by atoms with Crippen molar-refractivity contribution in [1.29, 1.82) is 0 Å². The van der Waals surface area contributed by atoms with E-state index in [-0.39, 0.29) is 0 Å². The molecule has 0 atom stereocenters. The van der Waals surface area contributed by atoms with Gasteiger partial charge in [0.2, 0.25) is 11.7 Å². The molecule has 0 amide bonds. The molecule has 0 aromatic carbocycles. The Morgan fingerprint density at radius 2 is 2.20 bits per heavy atom. The number of nitrogens with two attached hydrogens (primary N) is 1. The maximum atomic E-state index is 5.81. The van der Waals surface area contributed by atoms with Crippen LogP contribution in [0.15, 0.2) is 35.4 Å². The smallest absolute Gasteiger partial charge is 0.260 e. The van der Waals surface area contributed by atoms with E-state index in [1.54, 1.807) is 18.3 Å². The van der Waals surface area contributed by atoms with E-state index in [4.69, 9.17) is 15.0 Å². The maximum absolute atomic E-state index is 5.81. The zero-order chi connectivity index (χ0) is 13.9. The number of nitrogens with zero attached hydrogens (tertiary/aromatic N) is 5. The molecule has 0 saturated carbocycles. The highest BCUT2D eigenvalue weighted by molar-refractivity contribution is 5.69. The molecule has 100 valence electrons. The Kier molecular flexibility index (Phi) is 2.96. The van der Waals surface area contributed by atoms with E-state index in [0.717, 1.165) is 0 Å². The second-order valence-electron chi connectivity index (χ2n) is 3.83. The van der Waals surface area contributed by atoms with Gasteiger partial charge in [-0.25, -0.2) is 9.97 Å². The van der Waals surface area contributed by atoms with Gasteiger partial charge in [0.1, 0.15) is 12.0 Å². The third kappa shape index (κ3) is 2.14. The lowest BCUT2D eigenvalue weighted by Gasteiger charge is -1.98. The summed E-state index contributed by atoms with van der Waals surface area (Å²) in [4.78, 5) is 16.1. The zero-order valence-corrected chi connectivity index (χ0v) is 10.5. The fraction of sp³-hybridized carbons (Fsp3) is 0.0833. The Bertz CT molecular complexity index is 742. The van der Waals surface area contributed by atoms with Crippen LogP contribution in [-0.4, -0.2) is 32.2 Å². The van der Waals surface area contributed by atoms with Crippen LogP contribution in [0.25, 0.3) is 23.0 Å². The molecule has 2 N–H and O–H groups in total. The van der Waals surface area contributed by atoms with Crippen molar-refractivity contribution >= 4 is 5.69 Å². The number of ether oxygens (including phenoxy) is 1. The summed E-state index contributed by atoms with van der Waals surface area (Å²) in [6, 6.07) is 3.32. The molecule has 20 heavy (non-hydrogen) atoms. The normalized spacial score (nSPS) is 10.4. The number of nitrogen functional groups attached to an aromatic ring is 1. The summed E-state index contributed by atoms with van der Waals surface area (Å²) >= 11 is 0. The van der Waals surface area contributed by atoms with E-state index in [9.17, 15) is 0 Å². The second kappa shape index (κ2) is 4.92. The summed E-state index contributed by atoms with van der Waals surface area (Å²) in [5.74, 6) is 1.05. The molecule has 3 rings (SSSR count). The number of anilines is 1. The average molecular weight is 270 g/mol. The summed E-state index contributed by atoms with van der Waals surface area (Å²) in [6.07, 6.45) is 4.49. The molecular weight excluding hydrogens is 260 g/mol. The summed E-state index contributed by atoms with van der Waals surface area (Å²) in [5, 5.41) is 3.87. The molecule has 3 aromatic rings. The highest BCUT2D eigenvalue weighted by Crippen LogP contribution is 2.25. The van der Waals surface area contributed by atoms with E-state index in [1.165, 1.54) is 19.6 Å². The summed E-state index contributed by atoms with van der Waals surface area (Å²) in [6.45, 7) is 0. The molecule has 0 bridgehead atoms. The van der Waals surface area contributed by atoms with Crippen LogP contribution in [0.3, 0.4) is 0 Å². The van der Waals surface area contributed by atoms with E-state index in [2.05, 4.69) is 25.1 Å². The molecule has 3 aromatic heterocycles. The van der Waals surface area contributed by atoms with Crippen molar-refractivity contribution in [3.05, 3.63) is 30.9 Å². The van der Waals surface area contributed by atoms with Crippen LogP contribution in [0.4, 0.5) is 5.69 Å². The van der Waals surface area contributed by atoms with Gasteiger partial charge in [-0.1, -0.05) is 5.16 Å². The molecule has 8 heteroatoms. The molecular formula is C12H10N6O2. The average Bonchev–Trinajstić information content (AvgIpc) is 2.97. The summed E-state index contributed by atoms with van der Waals surface area (Å²) in [5.41, 5.74) is 7.40. The molecule has 0 saturated heterocycles. The molecule has 0 aliphatic rings. The van der Waals surface area contributed by atoms with Crippen LogP contribution < -0.4 is 10.5 Å². The minimum atomic E-state index is 0.303. The highest BCUT2D eigenvalue weighted by Gasteiger charge is 2.14. The largest absolute Gasteiger partial charge is 0.481 e. The number of aromatic nitrogens is 5. The van der Waals surface area contributed by atoms with Gasteiger partial charge in [-0.15, -0.1) is 0 Å². The first-order chi connectivity index (χ1) is 9.78. The number of rotatable bonds is 3. The first-order valence-corrected chi connectivity index (χ1v) is 5.68. The zero-order valence-electron chi connectivity index (χ0n) is 10.5. The molecule has 0 unspecified atom stereocenters. The van der Waals surface area contributed by atoms with Gasteiger partial charge in [-0.05, 0) is 6.07 Å². The number of hydrogen-bond donors (Lipinski definition) is 1. The second-order valence-corrected chi connectivity index (χ2v) is 3.83. The fourth-order valence-corrected chi connectivity index (χ4v) is 1.61. The minimum absolute atomic E-state index is 0.303. The number of methoxy groups -OCH3 is 1. The Balaban J connectivity index is 2.00.